The monoisotopic (exact) mass is 430 g/mol. The first-order valence-electron chi connectivity index (χ1n) is 8.66. The smallest absolute Gasteiger partial charge is 0.348 e. The van der Waals surface area contributed by atoms with E-state index in [4.69, 9.17) is 14.6 Å². The first-order chi connectivity index (χ1) is 14.7. The zero-order valence-corrected chi connectivity index (χ0v) is 15.8. The van der Waals surface area contributed by atoms with Gasteiger partial charge in [0.2, 0.25) is 6.10 Å². The Kier molecular flexibility index (Phi) is 7.62. The van der Waals surface area contributed by atoms with Gasteiger partial charge in [0.25, 0.3) is 0 Å². The van der Waals surface area contributed by atoms with Crippen molar-refractivity contribution in [2.24, 2.45) is 0 Å². The van der Waals surface area contributed by atoms with Crippen LogP contribution < -0.4 is 0 Å². The molecule has 2 aromatic carbocycles. The molecule has 2 rings (SSSR count). The van der Waals surface area contributed by atoms with Crippen molar-refractivity contribution in [2.45, 2.75) is 6.10 Å². The fraction of sp³-hybridized carbons (Fsp3) is 0.0952. The molecule has 0 bridgehead atoms. The number of aliphatic carboxylic acids is 1. The molecule has 0 aliphatic rings. The Morgan fingerprint density at radius 3 is 1.71 bits per heavy atom. The highest BCUT2D eigenvalue weighted by Crippen LogP contribution is 2.26. The molecule has 0 spiro atoms. The Balaban J connectivity index is 1.90. The lowest BCUT2D eigenvalue weighted by molar-refractivity contribution is -0.167. The molecule has 0 amide bonds. The van der Waals surface area contributed by atoms with Crippen LogP contribution in [-0.2, 0) is 23.9 Å². The highest BCUT2D eigenvalue weighted by Gasteiger charge is 2.23. The summed E-state index contributed by atoms with van der Waals surface area (Å²) >= 11 is 0. The minimum absolute atomic E-state index is 0.331. The summed E-state index contributed by atoms with van der Waals surface area (Å²) in [7, 11) is 0. The van der Waals surface area contributed by atoms with Crippen molar-refractivity contribution >= 4 is 30.1 Å². The maximum Gasteiger partial charge on any atom is 0.348 e. The van der Waals surface area contributed by atoms with Crippen molar-refractivity contribution in [3.63, 3.8) is 0 Å². The number of carboxylic acid groups (broad SMARTS) is 1. The number of phenolic OH excluding ortho intramolecular Hbond substituents is 4. The Hall–Kier alpha value is -4.47. The number of hydrogen-bond acceptors (Lipinski definition) is 9. The molecule has 10 nitrogen and oxygen atoms in total. The molecular weight excluding hydrogens is 412 g/mol. The second-order valence-corrected chi connectivity index (χ2v) is 6.06. The third-order valence-electron chi connectivity index (χ3n) is 3.73. The van der Waals surface area contributed by atoms with Crippen molar-refractivity contribution in [3.8, 4) is 23.0 Å². The lowest BCUT2D eigenvalue weighted by Crippen LogP contribution is -2.32. The molecule has 31 heavy (non-hydrogen) atoms. The molecule has 162 valence electrons. The normalized spacial score (nSPS) is 12.0. The van der Waals surface area contributed by atoms with Gasteiger partial charge in [0.05, 0.1) is 0 Å². The van der Waals surface area contributed by atoms with Gasteiger partial charge in [-0.05, 0) is 47.5 Å². The number of phenols is 4. The third kappa shape index (κ3) is 7.13. The highest BCUT2D eigenvalue weighted by molar-refractivity contribution is 5.90. The SMILES string of the molecule is O=C(/C=C/c1ccc(O)c(O)c1)OC[C@H](OC(=O)/C=C/c1ccc(O)c(O)c1)C(=O)O. The van der Waals surface area contributed by atoms with E-state index < -0.39 is 36.4 Å². The van der Waals surface area contributed by atoms with Crippen molar-refractivity contribution in [3.05, 3.63) is 59.7 Å². The summed E-state index contributed by atoms with van der Waals surface area (Å²) in [5, 5.41) is 46.4. The zero-order valence-electron chi connectivity index (χ0n) is 15.8. The number of hydrogen-bond donors (Lipinski definition) is 5. The molecule has 0 aliphatic heterocycles. The summed E-state index contributed by atoms with van der Waals surface area (Å²) in [5.41, 5.74) is 0.717. The molecule has 2 aromatic rings. The quantitative estimate of drug-likeness (QED) is 0.236. The van der Waals surface area contributed by atoms with E-state index in [9.17, 15) is 34.8 Å². The van der Waals surface area contributed by atoms with Gasteiger partial charge in [-0.3, -0.25) is 0 Å². The lowest BCUT2D eigenvalue weighted by Gasteiger charge is -2.12. The van der Waals surface area contributed by atoms with Gasteiger partial charge in [0.1, 0.15) is 6.61 Å². The van der Waals surface area contributed by atoms with Gasteiger partial charge < -0.3 is 35.0 Å². The molecule has 0 unspecified atom stereocenters. The van der Waals surface area contributed by atoms with Crippen molar-refractivity contribution in [1.29, 1.82) is 0 Å². The number of carboxylic acids is 1. The molecule has 0 fully saturated rings. The summed E-state index contributed by atoms with van der Waals surface area (Å²) in [6.07, 6.45) is 2.59. The van der Waals surface area contributed by atoms with Crippen molar-refractivity contribution in [2.75, 3.05) is 6.61 Å². The van der Waals surface area contributed by atoms with Crippen LogP contribution in [0.2, 0.25) is 0 Å². The summed E-state index contributed by atoms with van der Waals surface area (Å²) in [5.74, 6) is -4.96. The molecule has 0 saturated heterocycles. The van der Waals surface area contributed by atoms with Crippen LogP contribution in [-0.4, -0.2) is 56.2 Å². The summed E-state index contributed by atoms with van der Waals surface area (Å²) in [6.45, 7) is -0.751. The predicted molar refractivity (Wildman–Crippen MR) is 106 cm³/mol. The van der Waals surface area contributed by atoms with Crippen LogP contribution in [0.5, 0.6) is 23.0 Å². The molecular formula is C21H18O10. The van der Waals surface area contributed by atoms with E-state index >= 15 is 0 Å². The minimum Gasteiger partial charge on any atom is -0.504 e. The van der Waals surface area contributed by atoms with Crippen LogP contribution in [0, 0.1) is 0 Å². The lowest BCUT2D eigenvalue weighted by atomic mass is 10.2. The number of carbonyl (C=O) groups excluding carboxylic acids is 2. The van der Waals surface area contributed by atoms with E-state index in [0.717, 1.165) is 12.2 Å². The topological polar surface area (TPSA) is 171 Å². The van der Waals surface area contributed by atoms with Gasteiger partial charge in [-0.1, -0.05) is 12.1 Å². The van der Waals surface area contributed by atoms with E-state index in [1.807, 2.05) is 0 Å². The van der Waals surface area contributed by atoms with E-state index in [2.05, 4.69) is 0 Å². The summed E-state index contributed by atoms with van der Waals surface area (Å²) < 4.78 is 9.48. The van der Waals surface area contributed by atoms with Crippen LogP contribution in [0.4, 0.5) is 0 Å². The molecule has 0 aliphatic carbocycles. The standard InChI is InChI=1S/C21H18O10/c22-14-5-1-12(9-16(14)24)3-7-19(26)30-11-18(21(28)29)31-20(27)8-4-13-2-6-15(23)17(25)10-13/h1-10,18,22-25H,11H2,(H,28,29)/b7-3+,8-4+/t18-/m0/s1. The Morgan fingerprint density at radius 2 is 1.26 bits per heavy atom. The summed E-state index contributed by atoms with van der Waals surface area (Å²) in [4.78, 5) is 34.8. The van der Waals surface area contributed by atoms with E-state index in [-0.39, 0.29) is 17.2 Å². The number of benzene rings is 2. The number of esters is 2. The van der Waals surface area contributed by atoms with Crippen LogP contribution >= 0.6 is 0 Å². The molecule has 1 atom stereocenters. The third-order valence-corrected chi connectivity index (χ3v) is 3.73. The van der Waals surface area contributed by atoms with Gasteiger partial charge in [0.15, 0.2) is 23.0 Å². The van der Waals surface area contributed by atoms with Gasteiger partial charge in [0, 0.05) is 12.2 Å². The second-order valence-electron chi connectivity index (χ2n) is 6.06. The second kappa shape index (κ2) is 10.3. The van der Waals surface area contributed by atoms with Crippen molar-refractivity contribution < 1.29 is 49.4 Å². The molecule has 0 radical (unpaired) electrons. The fourth-order valence-electron chi connectivity index (χ4n) is 2.16. The Labute approximate surface area is 175 Å². The first kappa shape index (κ1) is 22.8. The molecule has 10 heteroatoms. The average Bonchev–Trinajstić information content (AvgIpc) is 2.72. The molecule has 0 saturated carbocycles. The van der Waals surface area contributed by atoms with Gasteiger partial charge >= 0.3 is 17.9 Å². The molecule has 0 heterocycles. The summed E-state index contributed by atoms with van der Waals surface area (Å²) in [6, 6.07) is 7.60. The van der Waals surface area contributed by atoms with Gasteiger partial charge in [-0.25, -0.2) is 14.4 Å². The van der Waals surface area contributed by atoms with E-state index in [0.29, 0.717) is 11.1 Å². The van der Waals surface area contributed by atoms with Gasteiger partial charge in [-0.2, -0.15) is 0 Å². The van der Waals surface area contributed by atoms with E-state index in [1.165, 1.54) is 48.6 Å². The predicted octanol–water partition coefficient (Wildman–Crippen LogP) is 1.78. The van der Waals surface area contributed by atoms with E-state index in [1.54, 1.807) is 0 Å². The number of rotatable bonds is 8. The largest absolute Gasteiger partial charge is 0.504 e. The van der Waals surface area contributed by atoms with Gasteiger partial charge in [-0.15, -0.1) is 0 Å². The first-order valence-corrected chi connectivity index (χ1v) is 8.66. The molecule has 0 aromatic heterocycles. The highest BCUT2D eigenvalue weighted by atomic mass is 16.6. The Bertz CT molecular complexity index is 1040. The number of carbonyl (C=O) groups is 3. The van der Waals surface area contributed by atoms with Crippen LogP contribution in [0.25, 0.3) is 12.2 Å². The number of ether oxygens (including phenoxy) is 2. The Morgan fingerprint density at radius 1 is 0.774 bits per heavy atom. The van der Waals surface area contributed by atoms with Crippen molar-refractivity contribution in [1.82, 2.24) is 0 Å². The maximum absolute atomic E-state index is 11.8. The average molecular weight is 430 g/mol. The minimum atomic E-state index is -1.76. The zero-order chi connectivity index (χ0) is 23.0. The maximum atomic E-state index is 11.8. The molecule has 5 N–H and O–H groups in total. The van der Waals surface area contributed by atoms with Crippen LogP contribution in [0.1, 0.15) is 11.1 Å². The number of aromatic hydroxyl groups is 4. The van der Waals surface area contributed by atoms with Crippen LogP contribution in [0.15, 0.2) is 48.6 Å². The van der Waals surface area contributed by atoms with Crippen LogP contribution in [0.3, 0.4) is 0 Å². The fourth-order valence-corrected chi connectivity index (χ4v) is 2.16.